The molecule has 0 fully saturated rings. The zero-order valence-electron chi connectivity index (χ0n) is 7.85. The molecule has 0 bridgehead atoms. The highest BCUT2D eigenvalue weighted by Crippen LogP contribution is 2.27. The van der Waals surface area contributed by atoms with E-state index in [2.05, 4.69) is 6.92 Å². The first-order chi connectivity index (χ1) is 5.70. The summed E-state index contributed by atoms with van der Waals surface area (Å²) >= 11 is 0. The standard InChI is InChI=1S/C10H15NO/c1-4-8-9(12-3)6-5-7(2)10(8)11/h5-6H,4,11H2,1-3H3. The molecule has 0 heterocycles. The summed E-state index contributed by atoms with van der Waals surface area (Å²) in [6, 6.07) is 3.94. The van der Waals surface area contributed by atoms with E-state index < -0.39 is 0 Å². The lowest BCUT2D eigenvalue weighted by Crippen LogP contribution is -1.99. The lowest BCUT2D eigenvalue weighted by Gasteiger charge is -2.11. The summed E-state index contributed by atoms with van der Waals surface area (Å²) in [4.78, 5) is 0. The van der Waals surface area contributed by atoms with Gasteiger partial charge in [0.1, 0.15) is 5.75 Å². The third-order valence-corrected chi connectivity index (χ3v) is 2.11. The Morgan fingerprint density at radius 3 is 2.58 bits per heavy atom. The number of nitrogens with two attached hydrogens (primary N) is 1. The largest absolute Gasteiger partial charge is 0.496 e. The van der Waals surface area contributed by atoms with Crippen LogP contribution in [0.5, 0.6) is 5.75 Å². The van der Waals surface area contributed by atoms with E-state index in [0.717, 1.165) is 29.0 Å². The van der Waals surface area contributed by atoms with Crippen LogP contribution in [0.25, 0.3) is 0 Å². The average Bonchev–Trinajstić information content (AvgIpc) is 2.09. The van der Waals surface area contributed by atoms with Crippen molar-refractivity contribution in [2.24, 2.45) is 0 Å². The smallest absolute Gasteiger partial charge is 0.124 e. The third-order valence-electron chi connectivity index (χ3n) is 2.11. The second-order valence-corrected chi connectivity index (χ2v) is 2.83. The maximum atomic E-state index is 5.89. The second kappa shape index (κ2) is 3.48. The van der Waals surface area contributed by atoms with Crippen molar-refractivity contribution >= 4 is 5.69 Å². The topological polar surface area (TPSA) is 35.2 Å². The van der Waals surface area contributed by atoms with Crippen molar-refractivity contribution in [2.45, 2.75) is 20.3 Å². The van der Waals surface area contributed by atoms with Crippen molar-refractivity contribution in [3.8, 4) is 5.75 Å². The van der Waals surface area contributed by atoms with Crippen molar-refractivity contribution in [3.63, 3.8) is 0 Å². The van der Waals surface area contributed by atoms with E-state index in [4.69, 9.17) is 10.5 Å². The number of methoxy groups -OCH3 is 1. The van der Waals surface area contributed by atoms with Crippen molar-refractivity contribution in [1.82, 2.24) is 0 Å². The number of anilines is 1. The quantitative estimate of drug-likeness (QED) is 0.681. The van der Waals surface area contributed by atoms with Gasteiger partial charge in [-0.3, -0.25) is 0 Å². The van der Waals surface area contributed by atoms with Gasteiger partial charge in [0, 0.05) is 11.3 Å². The van der Waals surface area contributed by atoms with Crippen LogP contribution < -0.4 is 10.5 Å². The van der Waals surface area contributed by atoms with E-state index in [1.807, 2.05) is 19.1 Å². The molecule has 2 N–H and O–H groups in total. The molecule has 66 valence electrons. The number of benzene rings is 1. The molecule has 0 aromatic heterocycles. The fourth-order valence-electron chi connectivity index (χ4n) is 1.32. The van der Waals surface area contributed by atoms with Gasteiger partial charge in [-0.05, 0) is 25.0 Å². The van der Waals surface area contributed by atoms with E-state index in [0.29, 0.717) is 0 Å². The van der Waals surface area contributed by atoms with E-state index in [9.17, 15) is 0 Å². The minimum atomic E-state index is 0.858. The van der Waals surface area contributed by atoms with Crippen LogP contribution in [0.4, 0.5) is 5.69 Å². The molecule has 2 heteroatoms. The Morgan fingerprint density at radius 2 is 2.08 bits per heavy atom. The van der Waals surface area contributed by atoms with E-state index in [1.165, 1.54) is 0 Å². The van der Waals surface area contributed by atoms with Crippen LogP contribution in [0, 0.1) is 6.92 Å². The number of aryl methyl sites for hydroxylation is 1. The van der Waals surface area contributed by atoms with Crippen LogP contribution in [0.15, 0.2) is 12.1 Å². The van der Waals surface area contributed by atoms with Gasteiger partial charge in [0.15, 0.2) is 0 Å². The molecule has 0 saturated heterocycles. The summed E-state index contributed by atoms with van der Waals surface area (Å²) in [6.45, 7) is 4.08. The normalized spacial score (nSPS) is 9.92. The second-order valence-electron chi connectivity index (χ2n) is 2.83. The molecule has 0 unspecified atom stereocenters. The monoisotopic (exact) mass is 165 g/mol. The Bertz CT molecular complexity index is 281. The molecule has 0 amide bonds. The average molecular weight is 165 g/mol. The zero-order chi connectivity index (χ0) is 9.14. The first-order valence-corrected chi connectivity index (χ1v) is 4.12. The zero-order valence-corrected chi connectivity index (χ0v) is 7.85. The molecule has 0 spiro atoms. The highest BCUT2D eigenvalue weighted by atomic mass is 16.5. The van der Waals surface area contributed by atoms with Crippen LogP contribution in [0.3, 0.4) is 0 Å². The first kappa shape index (κ1) is 8.91. The van der Waals surface area contributed by atoms with Gasteiger partial charge >= 0.3 is 0 Å². The van der Waals surface area contributed by atoms with Gasteiger partial charge in [-0.15, -0.1) is 0 Å². The van der Waals surface area contributed by atoms with Gasteiger partial charge in [0.2, 0.25) is 0 Å². The highest BCUT2D eigenvalue weighted by molar-refractivity contribution is 5.59. The highest BCUT2D eigenvalue weighted by Gasteiger charge is 2.06. The summed E-state index contributed by atoms with van der Waals surface area (Å²) in [5.41, 5.74) is 8.97. The van der Waals surface area contributed by atoms with Gasteiger partial charge in [-0.25, -0.2) is 0 Å². The minimum Gasteiger partial charge on any atom is -0.496 e. The van der Waals surface area contributed by atoms with Crippen molar-refractivity contribution in [1.29, 1.82) is 0 Å². The SMILES string of the molecule is CCc1c(OC)ccc(C)c1N. The van der Waals surface area contributed by atoms with Crippen molar-refractivity contribution in [3.05, 3.63) is 23.3 Å². The molecule has 1 rings (SSSR count). The summed E-state index contributed by atoms with van der Waals surface area (Å²) in [5, 5.41) is 0. The molecule has 0 saturated carbocycles. The maximum absolute atomic E-state index is 5.89. The molecular formula is C10H15NO. The third kappa shape index (κ3) is 1.37. The minimum absolute atomic E-state index is 0.858. The fraction of sp³-hybridized carbons (Fsp3) is 0.400. The van der Waals surface area contributed by atoms with Crippen molar-refractivity contribution in [2.75, 3.05) is 12.8 Å². The Kier molecular flexibility index (Phi) is 2.58. The Balaban J connectivity index is 3.25. The lowest BCUT2D eigenvalue weighted by molar-refractivity contribution is 0.410. The molecule has 0 aliphatic heterocycles. The number of nitrogen functional groups attached to an aromatic ring is 1. The van der Waals surface area contributed by atoms with Gasteiger partial charge in [0.25, 0.3) is 0 Å². The molecule has 1 aromatic carbocycles. The van der Waals surface area contributed by atoms with Crippen molar-refractivity contribution < 1.29 is 4.74 Å². The van der Waals surface area contributed by atoms with Gasteiger partial charge in [0.05, 0.1) is 7.11 Å². The number of hydrogen-bond acceptors (Lipinski definition) is 2. The Morgan fingerprint density at radius 1 is 1.42 bits per heavy atom. The van der Waals surface area contributed by atoms with Crippen LogP contribution in [0.2, 0.25) is 0 Å². The van der Waals surface area contributed by atoms with Crippen LogP contribution in [0.1, 0.15) is 18.1 Å². The molecule has 0 aliphatic rings. The molecule has 1 aromatic rings. The van der Waals surface area contributed by atoms with Crippen LogP contribution in [-0.2, 0) is 6.42 Å². The summed E-state index contributed by atoms with van der Waals surface area (Å²) in [7, 11) is 1.67. The molecule has 12 heavy (non-hydrogen) atoms. The van der Waals surface area contributed by atoms with Gasteiger partial charge < -0.3 is 10.5 Å². The van der Waals surface area contributed by atoms with E-state index in [1.54, 1.807) is 7.11 Å². The number of ether oxygens (including phenoxy) is 1. The predicted octanol–water partition coefficient (Wildman–Crippen LogP) is 2.15. The van der Waals surface area contributed by atoms with E-state index >= 15 is 0 Å². The summed E-state index contributed by atoms with van der Waals surface area (Å²) in [5.74, 6) is 0.889. The molecule has 2 nitrogen and oxygen atoms in total. The van der Waals surface area contributed by atoms with Gasteiger partial charge in [-0.1, -0.05) is 13.0 Å². The molecule has 0 radical (unpaired) electrons. The fourth-order valence-corrected chi connectivity index (χ4v) is 1.32. The molecule has 0 aliphatic carbocycles. The van der Waals surface area contributed by atoms with Gasteiger partial charge in [-0.2, -0.15) is 0 Å². The van der Waals surface area contributed by atoms with Crippen LogP contribution in [-0.4, -0.2) is 7.11 Å². The number of hydrogen-bond donors (Lipinski definition) is 1. The lowest BCUT2D eigenvalue weighted by atomic mass is 10.1. The molecule has 0 atom stereocenters. The Hall–Kier alpha value is -1.18. The number of rotatable bonds is 2. The summed E-state index contributed by atoms with van der Waals surface area (Å²) in [6.07, 6.45) is 0.913. The summed E-state index contributed by atoms with van der Waals surface area (Å²) < 4.78 is 5.19. The molecular weight excluding hydrogens is 150 g/mol. The van der Waals surface area contributed by atoms with E-state index in [-0.39, 0.29) is 0 Å². The Labute approximate surface area is 73.3 Å². The van der Waals surface area contributed by atoms with Crippen LogP contribution >= 0.6 is 0 Å². The maximum Gasteiger partial charge on any atom is 0.124 e. The first-order valence-electron chi connectivity index (χ1n) is 4.12. The predicted molar refractivity (Wildman–Crippen MR) is 51.5 cm³/mol.